The lowest BCUT2D eigenvalue weighted by atomic mass is 10.2. The molecule has 9 nitrogen and oxygen atoms in total. The molecule has 0 spiro atoms. The van der Waals surface area contributed by atoms with Crippen molar-refractivity contribution in [3.63, 3.8) is 0 Å². The van der Waals surface area contributed by atoms with Crippen molar-refractivity contribution in [1.29, 1.82) is 0 Å². The summed E-state index contributed by atoms with van der Waals surface area (Å²) in [5.41, 5.74) is 0.248. The molecule has 1 unspecified atom stereocenters. The molecule has 3 N–H and O–H groups in total. The topological polar surface area (TPSA) is 125 Å². The van der Waals surface area contributed by atoms with Crippen LogP contribution in [0.15, 0.2) is 54.4 Å². The van der Waals surface area contributed by atoms with Crippen LogP contribution in [0.2, 0.25) is 5.15 Å². The number of carboxylic acid groups (broad SMARTS) is 1. The molecule has 1 aliphatic rings. The van der Waals surface area contributed by atoms with Gasteiger partial charge in [-0.05, 0) is 37.1 Å². The second-order valence-electron chi connectivity index (χ2n) is 6.26. The van der Waals surface area contributed by atoms with Gasteiger partial charge in [0.2, 0.25) is 0 Å². The molecule has 0 aliphatic carbocycles. The molecule has 1 aromatic carbocycles. The van der Waals surface area contributed by atoms with E-state index in [0.717, 1.165) is 0 Å². The van der Waals surface area contributed by atoms with Crippen LogP contribution >= 0.6 is 11.6 Å². The first-order valence-electron chi connectivity index (χ1n) is 8.82. The van der Waals surface area contributed by atoms with E-state index in [9.17, 15) is 19.5 Å². The van der Waals surface area contributed by atoms with Gasteiger partial charge in [0.15, 0.2) is 11.0 Å². The van der Waals surface area contributed by atoms with Crippen LogP contribution in [0, 0.1) is 0 Å². The van der Waals surface area contributed by atoms with E-state index in [4.69, 9.17) is 11.6 Å². The van der Waals surface area contributed by atoms with Crippen LogP contribution in [0.1, 0.15) is 23.2 Å². The highest BCUT2D eigenvalue weighted by atomic mass is 35.5. The Morgan fingerprint density at radius 1 is 1.14 bits per heavy atom. The second-order valence-corrected chi connectivity index (χ2v) is 6.65. The molecule has 10 heteroatoms. The Bertz CT molecular complexity index is 933. The fourth-order valence-corrected chi connectivity index (χ4v) is 3.00. The maximum absolute atomic E-state index is 13.0. The molecular formula is C19H18ClN5O4. The van der Waals surface area contributed by atoms with Crippen molar-refractivity contribution in [2.45, 2.75) is 18.9 Å². The number of carboxylic acids is 1. The molecule has 3 rings (SSSR count). The highest BCUT2D eigenvalue weighted by molar-refractivity contribution is 6.29. The summed E-state index contributed by atoms with van der Waals surface area (Å²) in [6.45, 7) is 0.287. The number of aromatic nitrogens is 2. The van der Waals surface area contributed by atoms with Crippen molar-refractivity contribution in [2.75, 3.05) is 11.9 Å². The van der Waals surface area contributed by atoms with Crippen molar-refractivity contribution >= 4 is 35.2 Å². The second kappa shape index (κ2) is 9.16. The SMILES string of the molecule is O=C(N/C(=C\Nc1ccc(Cl)nn1)C(=O)N1CCCC1C(=O)O)c1ccccc1. The smallest absolute Gasteiger partial charge is 0.326 e. The quantitative estimate of drug-likeness (QED) is 0.615. The van der Waals surface area contributed by atoms with E-state index in [1.807, 2.05) is 0 Å². The number of rotatable bonds is 6. The number of halogens is 1. The standard InChI is InChI=1S/C19H18ClN5O4/c20-15-8-9-16(24-23-15)21-11-13(22-17(26)12-5-2-1-3-6-12)18(27)25-10-4-7-14(25)19(28)29/h1-3,5-6,8-9,11,14H,4,7,10H2,(H,21,24)(H,22,26)(H,28,29)/b13-11-. The number of hydrogen-bond donors (Lipinski definition) is 3. The minimum absolute atomic E-state index is 0.108. The van der Waals surface area contributed by atoms with E-state index in [-0.39, 0.29) is 17.4 Å². The summed E-state index contributed by atoms with van der Waals surface area (Å²) in [5.74, 6) is -1.89. The number of anilines is 1. The van der Waals surface area contributed by atoms with Gasteiger partial charge in [0.1, 0.15) is 11.7 Å². The minimum atomic E-state index is -1.08. The van der Waals surface area contributed by atoms with Gasteiger partial charge in [0.25, 0.3) is 11.8 Å². The lowest BCUT2D eigenvalue weighted by molar-refractivity contribution is -0.146. The van der Waals surface area contributed by atoms with Crippen LogP contribution in [0.4, 0.5) is 5.82 Å². The van der Waals surface area contributed by atoms with E-state index in [2.05, 4.69) is 20.8 Å². The fraction of sp³-hybridized carbons (Fsp3) is 0.211. The van der Waals surface area contributed by atoms with Gasteiger partial charge < -0.3 is 20.6 Å². The van der Waals surface area contributed by atoms with Crippen molar-refractivity contribution < 1.29 is 19.5 Å². The molecule has 2 aromatic rings. The van der Waals surface area contributed by atoms with Gasteiger partial charge in [-0.2, -0.15) is 0 Å². The zero-order valence-corrected chi connectivity index (χ0v) is 16.0. The van der Waals surface area contributed by atoms with Gasteiger partial charge in [-0.1, -0.05) is 29.8 Å². The van der Waals surface area contributed by atoms with Gasteiger partial charge in [-0.3, -0.25) is 9.59 Å². The molecule has 0 saturated carbocycles. The molecule has 29 heavy (non-hydrogen) atoms. The minimum Gasteiger partial charge on any atom is -0.480 e. The summed E-state index contributed by atoms with van der Waals surface area (Å²) in [5, 5.41) is 22.4. The maximum Gasteiger partial charge on any atom is 0.326 e. The third-order valence-electron chi connectivity index (χ3n) is 4.31. The first-order valence-corrected chi connectivity index (χ1v) is 9.19. The maximum atomic E-state index is 13.0. The number of nitrogens with zero attached hydrogens (tertiary/aromatic N) is 3. The molecule has 2 heterocycles. The molecule has 150 valence electrons. The Morgan fingerprint density at radius 3 is 2.55 bits per heavy atom. The van der Waals surface area contributed by atoms with Crippen LogP contribution in [-0.2, 0) is 9.59 Å². The Balaban J connectivity index is 1.84. The van der Waals surface area contributed by atoms with Crippen LogP contribution in [0.5, 0.6) is 0 Å². The summed E-state index contributed by atoms with van der Waals surface area (Å²) in [7, 11) is 0. The Morgan fingerprint density at radius 2 is 1.90 bits per heavy atom. The molecule has 0 radical (unpaired) electrons. The first kappa shape index (κ1) is 20.3. The number of likely N-dealkylation sites (tertiary alicyclic amines) is 1. The highest BCUT2D eigenvalue weighted by Crippen LogP contribution is 2.20. The number of aliphatic carboxylic acids is 1. The van der Waals surface area contributed by atoms with E-state index >= 15 is 0 Å². The van der Waals surface area contributed by atoms with Crippen LogP contribution in [-0.4, -0.2) is 50.6 Å². The molecule has 1 aliphatic heterocycles. The monoisotopic (exact) mass is 415 g/mol. The van der Waals surface area contributed by atoms with E-state index in [1.165, 1.54) is 17.2 Å². The van der Waals surface area contributed by atoms with Gasteiger partial charge in [-0.25, -0.2) is 4.79 Å². The summed E-state index contributed by atoms with van der Waals surface area (Å²) in [4.78, 5) is 38.2. The normalized spacial score (nSPS) is 16.4. The van der Waals surface area contributed by atoms with Crippen molar-refractivity contribution in [3.8, 4) is 0 Å². The number of benzene rings is 1. The third-order valence-corrected chi connectivity index (χ3v) is 4.51. The molecule has 0 bridgehead atoms. The Hall–Kier alpha value is -3.46. The fourth-order valence-electron chi connectivity index (χ4n) is 2.90. The van der Waals surface area contributed by atoms with Crippen LogP contribution < -0.4 is 10.6 Å². The van der Waals surface area contributed by atoms with E-state index < -0.39 is 23.8 Å². The molecule has 1 fully saturated rings. The molecule has 1 atom stereocenters. The lowest BCUT2D eigenvalue weighted by Crippen LogP contribution is -2.44. The predicted octanol–water partition coefficient (Wildman–Crippen LogP) is 1.89. The predicted molar refractivity (Wildman–Crippen MR) is 105 cm³/mol. The van der Waals surface area contributed by atoms with Crippen LogP contribution in [0.25, 0.3) is 0 Å². The zero-order valence-electron chi connectivity index (χ0n) is 15.2. The largest absolute Gasteiger partial charge is 0.480 e. The number of carbonyl (C=O) groups excluding carboxylic acids is 2. The summed E-state index contributed by atoms with van der Waals surface area (Å²) >= 11 is 5.70. The van der Waals surface area contributed by atoms with Crippen molar-refractivity contribution in [3.05, 3.63) is 65.1 Å². The number of carbonyl (C=O) groups is 3. The van der Waals surface area contributed by atoms with Gasteiger partial charge in [0, 0.05) is 18.3 Å². The Kier molecular flexibility index (Phi) is 6.40. The van der Waals surface area contributed by atoms with Gasteiger partial charge >= 0.3 is 5.97 Å². The molecular weight excluding hydrogens is 398 g/mol. The highest BCUT2D eigenvalue weighted by Gasteiger charge is 2.35. The first-order chi connectivity index (χ1) is 14.0. The average Bonchev–Trinajstić information content (AvgIpc) is 3.22. The summed E-state index contributed by atoms with van der Waals surface area (Å²) < 4.78 is 0. The summed E-state index contributed by atoms with van der Waals surface area (Å²) in [6.07, 6.45) is 2.19. The third kappa shape index (κ3) is 5.08. The molecule has 2 amide bonds. The number of nitrogens with one attached hydrogen (secondary N) is 2. The number of amides is 2. The average molecular weight is 416 g/mol. The van der Waals surface area contributed by atoms with E-state index in [1.54, 1.807) is 36.4 Å². The van der Waals surface area contributed by atoms with Crippen LogP contribution in [0.3, 0.4) is 0 Å². The van der Waals surface area contributed by atoms with Gasteiger partial charge in [-0.15, -0.1) is 10.2 Å². The van der Waals surface area contributed by atoms with E-state index in [0.29, 0.717) is 24.2 Å². The van der Waals surface area contributed by atoms with Crippen molar-refractivity contribution in [2.24, 2.45) is 0 Å². The summed E-state index contributed by atoms with van der Waals surface area (Å²) in [6, 6.07) is 10.5. The number of hydrogen-bond acceptors (Lipinski definition) is 6. The van der Waals surface area contributed by atoms with Gasteiger partial charge in [0.05, 0.1) is 0 Å². The molecule has 1 saturated heterocycles. The Labute approximate surface area is 171 Å². The molecule has 1 aromatic heterocycles. The lowest BCUT2D eigenvalue weighted by Gasteiger charge is -2.23. The van der Waals surface area contributed by atoms with Crippen molar-refractivity contribution in [1.82, 2.24) is 20.4 Å². The zero-order chi connectivity index (χ0) is 20.8.